The van der Waals surface area contributed by atoms with E-state index < -0.39 is 0 Å². The van der Waals surface area contributed by atoms with Gasteiger partial charge < -0.3 is 0 Å². The SMILES string of the molecule is C(=N/N(Cc1ccccc1)CN(Cc1ccccc1)/N=C/c1ccccc1)/c1ccccc1. The third kappa shape index (κ3) is 7.47. The van der Waals surface area contributed by atoms with Gasteiger partial charge >= 0.3 is 0 Å². The molecular formula is C29H28N4. The summed E-state index contributed by atoms with van der Waals surface area (Å²) in [5, 5.41) is 13.7. The maximum atomic E-state index is 4.82. The molecule has 4 heteroatoms. The highest BCUT2D eigenvalue weighted by molar-refractivity contribution is 5.79. The summed E-state index contributed by atoms with van der Waals surface area (Å²) in [5.74, 6) is 0. The number of hydrogen-bond acceptors (Lipinski definition) is 4. The zero-order chi connectivity index (χ0) is 22.6. The molecule has 0 saturated heterocycles. The van der Waals surface area contributed by atoms with Crippen LogP contribution >= 0.6 is 0 Å². The summed E-state index contributed by atoms with van der Waals surface area (Å²) in [4.78, 5) is 0. The molecule has 4 aromatic carbocycles. The van der Waals surface area contributed by atoms with E-state index >= 15 is 0 Å². The number of hydrazone groups is 2. The van der Waals surface area contributed by atoms with E-state index in [2.05, 4.69) is 72.8 Å². The highest BCUT2D eigenvalue weighted by Gasteiger charge is 2.10. The molecule has 0 fully saturated rings. The molecule has 0 aliphatic heterocycles. The lowest BCUT2D eigenvalue weighted by molar-refractivity contribution is 0.128. The Balaban J connectivity index is 1.57. The van der Waals surface area contributed by atoms with E-state index in [1.807, 2.05) is 71.0 Å². The summed E-state index contributed by atoms with van der Waals surface area (Å²) in [6.45, 7) is 1.93. The topological polar surface area (TPSA) is 31.2 Å². The Bertz CT molecular complexity index is 1030. The molecule has 33 heavy (non-hydrogen) atoms. The van der Waals surface area contributed by atoms with Crippen LogP contribution in [-0.4, -0.2) is 29.1 Å². The molecule has 4 aromatic rings. The molecular weight excluding hydrogens is 404 g/mol. The Morgan fingerprint density at radius 1 is 0.455 bits per heavy atom. The van der Waals surface area contributed by atoms with Gasteiger partial charge in [-0.15, -0.1) is 0 Å². The first-order valence-corrected chi connectivity index (χ1v) is 11.1. The van der Waals surface area contributed by atoms with E-state index in [0.717, 1.165) is 11.1 Å². The molecule has 0 unspecified atom stereocenters. The van der Waals surface area contributed by atoms with Gasteiger partial charge in [0.05, 0.1) is 25.5 Å². The summed E-state index contributed by atoms with van der Waals surface area (Å²) in [6, 6.07) is 41.1. The van der Waals surface area contributed by atoms with Crippen molar-refractivity contribution in [2.24, 2.45) is 10.2 Å². The van der Waals surface area contributed by atoms with Crippen LogP contribution in [0.3, 0.4) is 0 Å². The second-order valence-corrected chi connectivity index (χ2v) is 7.75. The Kier molecular flexibility index (Phi) is 8.02. The van der Waals surface area contributed by atoms with E-state index in [9.17, 15) is 0 Å². The van der Waals surface area contributed by atoms with Gasteiger partial charge in [-0.3, -0.25) is 10.0 Å². The Morgan fingerprint density at radius 3 is 1.15 bits per heavy atom. The summed E-state index contributed by atoms with van der Waals surface area (Å²) in [6.07, 6.45) is 3.81. The van der Waals surface area contributed by atoms with Crippen molar-refractivity contribution >= 4 is 12.4 Å². The highest BCUT2D eigenvalue weighted by atomic mass is 15.6. The molecule has 0 bridgehead atoms. The van der Waals surface area contributed by atoms with Crippen molar-refractivity contribution in [1.82, 2.24) is 10.0 Å². The van der Waals surface area contributed by atoms with Gasteiger partial charge in [0.15, 0.2) is 0 Å². The minimum absolute atomic E-state index is 0.552. The highest BCUT2D eigenvalue weighted by Crippen LogP contribution is 2.11. The molecule has 0 N–H and O–H groups in total. The van der Waals surface area contributed by atoms with Crippen molar-refractivity contribution in [3.05, 3.63) is 144 Å². The Hall–Kier alpha value is -4.18. The molecule has 0 aliphatic rings. The van der Waals surface area contributed by atoms with Crippen molar-refractivity contribution in [3.8, 4) is 0 Å². The van der Waals surface area contributed by atoms with E-state index in [0.29, 0.717) is 19.8 Å². The van der Waals surface area contributed by atoms with Crippen molar-refractivity contribution in [1.29, 1.82) is 0 Å². The second-order valence-electron chi connectivity index (χ2n) is 7.75. The van der Waals surface area contributed by atoms with Crippen LogP contribution in [0, 0.1) is 0 Å². The summed E-state index contributed by atoms with van der Waals surface area (Å²) in [7, 11) is 0. The smallest absolute Gasteiger partial charge is 0.124 e. The number of hydrogen-bond donors (Lipinski definition) is 0. The van der Waals surface area contributed by atoms with Crippen molar-refractivity contribution in [2.45, 2.75) is 13.1 Å². The van der Waals surface area contributed by atoms with Gasteiger partial charge in [-0.25, -0.2) is 0 Å². The predicted molar refractivity (Wildman–Crippen MR) is 137 cm³/mol. The minimum Gasteiger partial charge on any atom is -0.271 e. The standard InChI is InChI=1S/C29H28N4/c1-5-13-26(14-6-1)21-30-32(23-28-17-9-3-10-18-28)25-33(24-29-19-11-4-12-20-29)31-22-27-15-7-2-8-16-27/h1-22H,23-25H2/b30-21-,31-22+. The molecule has 0 aliphatic carbocycles. The van der Waals surface area contributed by atoms with Gasteiger partial charge in [0.1, 0.15) is 6.67 Å². The Labute approximate surface area is 196 Å². The van der Waals surface area contributed by atoms with Gasteiger partial charge in [0.25, 0.3) is 0 Å². The van der Waals surface area contributed by atoms with Crippen LogP contribution in [0.4, 0.5) is 0 Å². The summed E-state index contributed by atoms with van der Waals surface area (Å²) >= 11 is 0. The fourth-order valence-corrected chi connectivity index (χ4v) is 3.41. The van der Waals surface area contributed by atoms with E-state index in [4.69, 9.17) is 10.2 Å². The van der Waals surface area contributed by atoms with Crippen LogP contribution in [0.1, 0.15) is 22.3 Å². The van der Waals surface area contributed by atoms with E-state index in [1.54, 1.807) is 0 Å². The summed E-state index contributed by atoms with van der Waals surface area (Å²) in [5.41, 5.74) is 4.54. The molecule has 4 nitrogen and oxygen atoms in total. The third-order valence-electron chi connectivity index (χ3n) is 5.08. The third-order valence-corrected chi connectivity index (χ3v) is 5.08. The average Bonchev–Trinajstić information content (AvgIpc) is 2.88. The molecule has 0 atom stereocenters. The molecule has 0 aromatic heterocycles. The average molecular weight is 433 g/mol. The molecule has 0 saturated carbocycles. The maximum Gasteiger partial charge on any atom is 0.124 e. The number of nitrogens with zero attached hydrogens (tertiary/aromatic N) is 4. The van der Waals surface area contributed by atoms with Gasteiger partial charge in [-0.2, -0.15) is 10.2 Å². The zero-order valence-electron chi connectivity index (χ0n) is 18.6. The predicted octanol–water partition coefficient (Wildman–Crippen LogP) is 6.02. The van der Waals surface area contributed by atoms with Crippen molar-refractivity contribution < 1.29 is 0 Å². The van der Waals surface area contributed by atoms with Gasteiger partial charge in [0, 0.05) is 0 Å². The lowest BCUT2D eigenvalue weighted by Gasteiger charge is -2.27. The van der Waals surface area contributed by atoms with Crippen LogP contribution < -0.4 is 0 Å². The van der Waals surface area contributed by atoms with Crippen LogP contribution in [-0.2, 0) is 13.1 Å². The van der Waals surface area contributed by atoms with Gasteiger partial charge in [-0.05, 0) is 22.3 Å². The lowest BCUT2D eigenvalue weighted by atomic mass is 10.2. The van der Waals surface area contributed by atoms with Gasteiger partial charge in [0.2, 0.25) is 0 Å². The number of rotatable bonds is 10. The first-order chi connectivity index (χ1) is 16.3. The fraction of sp³-hybridized carbons (Fsp3) is 0.103. The Morgan fingerprint density at radius 2 is 0.788 bits per heavy atom. The minimum atomic E-state index is 0.552. The molecule has 0 spiro atoms. The molecule has 164 valence electrons. The lowest BCUT2D eigenvalue weighted by Crippen LogP contribution is -2.31. The first kappa shape index (κ1) is 22.0. The first-order valence-electron chi connectivity index (χ1n) is 11.1. The molecule has 0 heterocycles. The second kappa shape index (κ2) is 12.0. The van der Waals surface area contributed by atoms with Crippen LogP contribution in [0.25, 0.3) is 0 Å². The van der Waals surface area contributed by atoms with Crippen LogP contribution in [0.5, 0.6) is 0 Å². The zero-order valence-corrected chi connectivity index (χ0v) is 18.6. The molecule has 0 amide bonds. The molecule has 0 radical (unpaired) electrons. The number of benzene rings is 4. The molecule has 4 rings (SSSR count). The monoisotopic (exact) mass is 432 g/mol. The quantitative estimate of drug-likeness (QED) is 0.174. The van der Waals surface area contributed by atoms with Crippen LogP contribution in [0.15, 0.2) is 132 Å². The van der Waals surface area contributed by atoms with E-state index in [1.165, 1.54) is 11.1 Å². The largest absolute Gasteiger partial charge is 0.271 e. The van der Waals surface area contributed by atoms with Crippen molar-refractivity contribution in [2.75, 3.05) is 6.67 Å². The van der Waals surface area contributed by atoms with Crippen molar-refractivity contribution in [3.63, 3.8) is 0 Å². The van der Waals surface area contributed by atoms with E-state index in [-0.39, 0.29) is 0 Å². The normalized spacial score (nSPS) is 11.2. The maximum absolute atomic E-state index is 4.82. The van der Waals surface area contributed by atoms with Gasteiger partial charge in [-0.1, -0.05) is 121 Å². The summed E-state index contributed by atoms with van der Waals surface area (Å²) < 4.78 is 0. The van der Waals surface area contributed by atoms with Crippen LogP contribution in [0.2, 0.25) is 0 Å². The fourth-order valence-electron chi connectivity index (χ4n) is 3.41.